The van der Waals surface area contributed by atoms with Crippen LogP contribution >= 0.6 is 0 Å². The average molecular weight is 271 g/mol. The van der Waals surface area contributed by atoms with Crippen LogP contribution in [0.25, 0.3) is 11.4 Å². The zero-order chi connectivity index (χ0) is 14.5. The fraction of sp³-hybridized carbons (Fsp3) is 0.400. The molecule has 106 valence electrons. The van der Waals surface area contributed by atoms with Crippen molar-refractivity contribution < 1.29 is 0 Å². The SMILES string of the molecule is CCN(CC)c1nc(NC)nc(-c2ccccc2C)n1. The number of hydrogen-bond acceptors (Lipinski definition) is 5. The van der Waals surface area contributed by atoms with E-state index in [0.29, 0.717) is 17.7 Å². The summed E-state index contributed by atoms with van der Waals surface area (Å²) in [5, 5.41) is 3.01. The third-order valence-electron chi connectivity index (χ3n) is 3.28. The molecule has 0 unspecified atom stereocenters. The highest BCUT2D eigenvalue weighted by Gasteiger charge is 2.12. The number of benzene rings is 1. The Balaban J connectivity index is 2.54. The summed E-state index contributed by atoms with van der Waals surface area (Å²) in [6, 6.07) is 8.12. The standard InChI is InChI=1S/C15H21N5/c1-5-20(6-2)15-18-13(17-14(16-4)19-15)12-10-8-7-9-11(12)3/h7-10H,5-6H2,1-4H3,(H,16,17,18,19). The molecular weight excluding hydrogens is 250 g/mol. The molecular formula is C15H21N5. The van der Waals surface area contributed by atoms with E-state index in [1.54, 1.807) is 0 Å². The van der Waals surface area contributed by atoms with Crippen molar-refractivity contribution >= 4 is 11.9 Å². The maximum absolute atomic E-state index is 4.62. The quantitative estimate of drug-likeness (QED) is 0.906. The minimum Gasteiger partial charge on any atom is -0.357 e. The predicted octanol–water partition coefficient (Wildman–Crippen LogP) is 2.73. The topological polar surface area (TPSA) is 53.9 Å². The van der Waals surface area contributed by atoms with Crippen molar-refractivity contribution in [1.82, 2.24) is 15.0 Å². The van der Waals surface area contributed by atoms with Gasteiger partial charge < -0.3 is 10.2 Å². The summed E-state index contributed by atoms with van der Waals surface area (Å²) < 4.78 is 0. The lowest BCUT2D eigenvalue weighted by Crippen LogP contribution is -2.25. The Morgan fingerprint density at radius 3 is 2.35 bits per heavy atom. The molecule has 0 bridgehead atoms. The van der Waals surface area contributed by atoms with Gasteiger partial charge in [-0.1, -0.05) is 24.3 Å². The van der Waals surface area contributed by atoms with Gasteiger partial charge in [-0.25, -0.2) is 0 Å². The van der Waals surface area contributed by atoms with E-state index in [1.165, 1.54) is 0 Å². The lowest BCUT2D eigenvalue weighted by atomic mass is 10.1. The lowest BCUT2D eigenvalue weighted by Gasteiger charge is -2.19. The molecule has 2 rings (SSSR count). The molecule has 5 nitrogen and oxygen atoms in total. The summed E-state index contributed by atoms with van der Waals surface area (Å²) in [5.74, 6) is 2.03. The molecule has 2 aromatic rings. The molecule has 0 spiro atoms. The molecule has 1 heterocycles. The molecule has 0 saturated heterocycles. The van der Waals surface area contributed by atoms with Gasteiger partial charge in [0, 0.05) is 25.7 Å². The van der Waals surface area contributed by atoms with Crippen LogP contribution in [0.3, 0.4) is 0 Å². The van der Waals surface area contributed by atoms with Crippen LogP contribution in [0.4, 0.5) is 11.9 Å². The maximum Gasteiger partial charge on any atom is 0.230 e. The highest BCUT2D eigenvalue weighted by atomic mass is 15.3. The van der Waals surface area contributed by atoms with E-state index in [9.17, 15) is 0 Å². The summed E-state index contributed by atoms with van der Waals surface area (Å²) >= 11 is 0. The number of nitrogens with one attached hydrogen (secondary N) is 1. The fourth-order valence-corrected chi connectivity index (χ4v) is 2.07. The second kappa shape index (κ2) is 6.32. The monoisotopic (exact) mass is 271 g/mol. The maximum atomic E-state index is 4.62. The van der Waals surface area contributed by atoms with Gasteiger partial charge in [0.05, 0.1) is 0 Å². The summed E-state index contributed by atoms with van der Waals surface area (Å²) in [4.78, 5) is 15.6. The molecule has 1 N–H and O–H groups in total. The Hall–Kier alpha value is -2.17. The molecule has 0 atom stereocenters. The minimum absolute atomic E-state index is 0.597. The summed E-state index contributed by atoms with van der Waals surface area (Å²) in [6.45, 7) is 8.00. The third kappa shape index (κ3) is 2.87. The Morgan fingerprint density at radius 1 is 1.05 bits per heavy atom. The van der Waals surface area contributed by atoms with Gasteiger partial charge in [0.1, 0.15) is 0 Å². The molecule has 0 aliphatic carbocycles. The number of rotatable bonds is 5. The highest BCUT2D eigenvalue weighted by molar-refractivity contribution is 5.62. The zero-order valence-corrected chi connectivity index (χ0v) is 12.5. The molecule has 0 amide bonds. The fourth-order valence-electron chi connectivity index (χ4n) is 2.07. The second-order valence-electron chi connectivity index (χ2n) is 4.52. The van der Waals surface area contributed by atoms with Crippen LogP contribution in [0.1, 0.15) is 19.4 Å². The molecule has 5 heteroatoms. The number of aryl methyl sites for hydroxylation is 1. The van der Waals surface area contributed by atoms with Crippen LogP contribution in [0.2, 0.25) is 0 Å². The van der Waals surface area contributed by atoms with Gasteiger partial charge in [-0.3, -0.25) is 0 Å². The number of aromatic nitrogens is 3. The summed E-state index contributed by atoms with van der Waals surface area (Å²) in [7, 11) is 1.82. The molecule has 20 heavy (non-hydrogen) atoms. The van der Waals surface area contributed by atoms with Crippen LogP contribution in [0.5, 0.6) is 0 Å². The molecule has 0 aliphatic heterocycles. The molecule has 1 aromatic carbocycles. The number of nitrogens with zero attached hydrogens (tertiary/aromatic N) is 4. The zero-order valence-electron chi connectivity index (χ0n) is 12.5. The van der Waals surface area contributed by atoms with E-state index in [2.05, 4.69) is 52.0 Å². The summed E-state index contributed by atoms with van der Waals surface area (Å²) in [5.41, 5.74) is 2.20. The van der Waals surface area contributed by atoms with E-state index in [0.717, 1.165) is 24.2 Å². The normalized spacial score (nSPS) is 10.4. The van der Waals surface area contributed by atoms with Crippen LogP contribution in [0.15, 0.2) is 24.3 Å². The van der Waals surface area contributed by atoms with E-state index < -0.39 is 0 Å². The van der Waals surface area contributed by atoms with Gasteiger partial charge >= 0.3 is 0 Å². The van der Waals surface area contributed by atoms with Crippen molar-refractivity contribution in [2.75, 3.05) is 30.4 Å². The first-order valence-corrected chi connectivity index (χ1v) is 6.94. The van der Waals surface area contributed by atoms with Crippen molar-refractivity contribution in [3.05, 3.63) is 29.8 Å². The Labute approximate surface area is 120 Å². The first-order valence-electron chi connectivity index (χ1n) is 6.94. The third-order valence-corrected chi connectivity index (χ3v) is 3.28. The van der Waals surface area contributed by atoms with Crippen molar-refractivity contribution in [3.8, 4) is 11.4 Å². The van der Waals surface area contributed by atoms with Gasteiger partial charge in [0.25, 0.3) is 0 Å². The lowest BCUT2D eigenvalue weighted by molar-refractivity contribution is 0.815. The Morgan fingerprint density at radius 2 is 1.75 bits per heavy atom. The molecule has 1 aromatic heterocycles. The first-order chi connectivity index (χ1) is 9.69. The summed E-state index contributed by atoms with van der Waals surface area (Å²) in [6.07, 6.45) is 0. The molecule has 0 saturated carbocycles. The predicted molar refractivity (Wildman–Crippen MR) is 83.1 cm³/mol. The van der Waals surface area contributed by atoms with Crippen molar-refractivity contribution in [2.45, 2.75) is 20.8 Å². The van der Waals surface area contributed by atoms with Crippen molar-refractivity contribution in [2.24, 2.45) is 0 Å². The largest absolute Gasteiger partial charge is 0.357 e. The van der Waals surface area contributed by atoms with Gasteiger partial charge in [0.2, 0.25) is 11.9 Å². The van der Waals surface area contributed by atoms with Gasteiger partial charge in [0.15, 0.2) is 5.82 Å². The number of hydrogen-bond donors (Lipinski definition) is 1. The van der Waals surface area contributed by atoms with E-state index in [4.69, 9.17) is 0 Å². The smallest absolute Gasteiger partial charge is 0.230 e. The van der Waals surface area contributed by atoms with Crippen LogP contribution < -0.4 is 10.2 Å². The van der Waals surface area contributed by atoms with Crippen LogP contribution in [0, 0.1) is 6.92 Å². The van der Waals surface area contributed by atoms with E-state index in [-0.39, 0.29) is 0 Å². The van der Waals surface area contributed by atoms with Gasteiger partial charge in [-0.2, -0.15) is 15.0 Å². The van der Waals surface area contributed by atoms with Crippen LogP contribution in [-0.2, 0) is 0 Å². The van der Waals surface area contributed by atoms with Gasteiger partial charge in [-0.15, -0.1) is 0 Å². The van der Waals surface area contributed by atoms with Crippen molar-refractivity contribution in [1.29, 1.82) is 0 Å². The second-order valence-corrected chi connectivity index (χ2v) is 4.52. The average Bonchev–Trinajstić information content (AvgIpc) is 2.48. The molecule has 0 aliphatic rings. The first kappa shape index (κ1) is 14.2. The molecule has 0 radical (unpaired) electrons. The Bertz CT molecular complexity index is 578. The van der Waals surface area contributed by atoms with Crippen LogP contribution in [-0.4, -0.2) is 35.1 Å². The van der Waals surface area contributed by atoms with E-state index in [1.807, 2.05) is 25.2 Å². The van der Waals surface area contributed by atoms with Gasteiger partial charge in [-0.05, 0) is 26.3 Å². The van der Waals surface area contributed by atoms with E-state index >= 15 is 0 Å². The highest BCUT2D eigenvalue weighted by Crippen LogP contribution is 2.22. The number of anilines is 2. The molecule has 0 fully saturated rings. The minimum atomic E-state index is 0.597. The van der Waals surface area contributed by atoms with Crippen molar-refractivity contribution in [3.63, 3.8) is 0 Å². The Kier molecular flexibility index (Phi) is 4.50.